The van der Waals surface area contributed by atoms with Crippen LogP contribution in [0.2, 0.25) is 0 Å². The van der Waals surface area contributed by atoms with Crippen LogP contribution in [-0.2, 0) is 0 Å². The quantitative estimate of drug-likeness (QED) is 0.835. The Labute approximate surface area is 138 Å². The van der Waals surface area contributed by atoms with Crippen LogP contribution in [0.3, 0.4) is 0 Å². The second-order valence-electron chi connectivity index (χ2n) is 4.64. The molecule has 0 bridgehead atoms. The maximum absolute atomic E-state index is 11.3. The molecule has 0 aliphatic carbocycles. The molecule has 0 atom stereocenters. The first-order valence-electron chi connectivity index (χ1n) is 6.75. The number of allylic oxidation sites excluding steroid dienone is 2. The summed E-state index contributed by atoms with van der Waals surface area (Å²) in [4.78, 5) is 11.3. The molecule has 2 aromatic rings. The maximum Gasteiger partial charge on any atom is 0.336 e. The van der Waals surface area contributed by atoms with Gasteiger partial charge in [0.25, 0.3) is 0 Å². The molecule has 114 valence electrons. The average molecular weight is 314 g/mol. The van der Waals surface area contributed by atoms with Crippen LogP contribution in [0, 0.1) is 34.0 Å². The van der Waals surface area contributed by atoms with E-state index in [-0.39, 0.29) is 16.8 Å². The number of nitrogens with one attached hydrogen (secondary N) is 1. The maximum atomic E-state index is 11.3. The van der Waals surface area contributed by atoms with Crippen molar-refractivity contribution in [2.45, 2.75) is 0 Å². The molecule has 0 aliphatic heterocycles. The summed E-state index contributed by atoms with van der Waals surface area (Å²) in [5, 5.41) is 38.6. The SMILES string of the molecule is N#CC(C#N)=C(C#N)Nc1ccc(-c2ccccc2C(=O)O)cc1. The lowest BCUT2D eigenvalue weighted by Gasteiger charge is -2.08. The first-order chi connectivity index (χ1) is 11.6. The van der Waals surface area contributed by atoms with E-state index >= 15 is 0 Å². The molecule has 0 heterocycles. The van der Waals surface area contributed by atoms with E-state index in [9.17, 15) is 9.90 Å². The number of aromatic carboxylic acids is 1. The van der Waals surface area contributed by atoms with Gasteiger partial charge in [-0.05, 0) is 29.3 Å². The monoisotopic (exact) mass is 314 g/mol. The predicted octanol–water partition coefficient (Wildman–Crippen LogP) is 3.29. The van der Waals surface area contributed by atoms with Gasteiger partial charge in [-0.2, -0.15) is 15.8 Å². The third-order valence-electron chi connectivity index (χ3n) is 3.21. The van der Waals surface area contributed by atoms with Crippen LogP contribution in [0.25, 0.3) is 11.1 Å². The van der Waals surface area contributed by atoms with Crippen molar-refractivity contribution >= 4 is 11.7 Å². The van der Waals surface area contributed by atoms with Gasteiger partial charge in [0.1, 0.15) is 23.9 Å². The smallest absolute Gasteiger partial charge is 0.336 e. The molecule has 6 nitrogen and oxygen atoms in total. The Morgan fingerprint density at radius 3 is 2.08 bits per heavy atom. The van der Waals surface area contributed by atoms with Gasteiger partial charge in [0.2, 0.25) is 0 Å². The van der Waals surface area contributed by atoms with Crippen molar-refractivity contribution < 1.29 is 9.90 Å². The standard InChI is InChI=1S/C18H10N4O2/c19-9-13(10-20)17(11-21)22-14-7-5-12(6-8-14)15-3-1-2-4-16(15)18(23)24/h1-8,22H,(H,23,24). The van der Waals surface area contributed by atoms with Crippen molar-refractivity contribution in [3.63, 3.8) is 0 Å². The molecule has 2 aromatic carbocycles. The Morgan fingerprint density at radius 2 is 1.54 bits per heavy atom. The van der Waals surface area contributed by atoms with Gasteiger partial charge in [-0.1, -0.05) is 30.3 Å². The number of carboxylic acid groups (broad SMARTS) is 1. The van der Waals surface area contributed by atoms with Crippen LogP contribution in [-0.4, -0.2) is 11.1 Å². The average Bonchev–Trinajstić information content (AvgIpc) is 2.62. The zero-order valence-corrected chi connectivity index (χ0v) is 12.3. The summed E-state index contributed by atoms with van der Waals surface area (Å²) in [6.07, 6.45) is 0. The number of nitrogens with zero attached hydrogens (tertiary/aromatic N) is 3. The topological polar surface area (TPSA) is 121 Å². The van der Waals surface area contributed by atoms with Crippen LogP contribution < -0.4 is 5.32 Å². The zero-order chi connectivity index (χ0) is 17.5. The van der Waals surface area contributed by atoms with E-state index in [1.807, 2.05) is 0 Å². The van der Waals surface area contributed by atoms with Crippen LogP contribution in [0.5, 0.6) is 0 Å². The van der Waals surface area contributed by atoms with Gasteiger partial charge >= 0.3 is 5.97 Å². The molecule has 0 aromatic heterocycles. The lowest BCUT2D eigenvalue weighted by molar-refractivity contribution is 0.0697. The first-order valence-corrected chi connectivity index (χ1v) is 6.75. The largest absolute Gasteiger partial charge is 0.478 e. The van der Waals surface area contributed by atoms with Crippen LogP contribution in [0.1, 0.15) is 10.4 Å². The van der Waals surface area contributed by atoms with Crippen molar-refractivity contribution in [3.05, 3.63) is 65.4 Å². The lowest BCUT2D eigenvalue weighted by Crippen LogP contribution is -2.01. The Morgan fingerprint density at radius 1 is 0.917 bits per heavy atom. The summed E-state index contributed by atoms with van der Waals surface area (Å²) in [6.45, 7) is 0. The summed E-state index contributed by atoms with van der Waals surface area (Å²) in [5.41, 5.74) is 1.51. The molecule has 0 unspecified atom stereocenters. The molecule has 2 N–H and O–H groups in total. The van der Waals surface area contributed by atoms with E-state index in [0.29, 0.717) is 16.8 Å². The van der Waals surface area contributed by atoms with Crippen molar-refractivity contribution in [2.75, 3.05) is 5.32 Å². The summed E-state index contributed by atoms with van der Waals surface area (Å²) in [5.74, 6) is -1.02. The third-order valence-corrected chi connectivity index (χ3v) is 3.21. The number of carboxylic acids is 1. The molecular formula is C18H10N4O2. The zero-order valence-electron chi connectivity index (χ0n) is 12.3. The van der Waals surface area contributed by atoms with Gasteiger partial charge in [-0.3, -0.25) is 0 Å². The van der Waals surface area contributed by atoms with E-state index < -0.39 is 5.97 Å². The van der Waals surface area contributed by atoms with Gasteiger partial charge in [0.05, 0.1) is 5.56 Å². The van der Waals surface area contributed by atoms with Crippen molar-refractivity contribution in [3.8, 4) is 29.3 Å². The minimum Gasteiger partial charge on any atom is -0.478 e. The highest BCUT2D eigenvalue weighted by molar-refractivity contribution is 5.96. The highest BCUT2D eigenvalue weighted by atomic mass is 16.4. The Balaban J connectivity index is 2.36. The van der Waals surface area contributed by atoms with Gasteiger partial charge in [-0.15, -0.1) is 0 Å². The molecule has 0 saturated heterocycles. The number of anilines is 1. The molecule has 0 spiro atoms. The van der Waals surface area contributed by atoms with Crippen molar-refractivity contribution in [2.24, 2.45) is 0 Å². The minimum atomic E-state index is -1.02. The van der Waals surface area contributed by atoms with Gasteiger partial charge in [-0.25, -0.2) is 4.79 Å². The van der Waals surface area contributed by atoms with Crippen LogP contribution >= 0.6 is 0 Å². The number of hydrogen-bond acceptors (Lipinski definition) is 5. The van der Waals surface area contributed by atoms with Gasteiger partial charge < -0.3 is 10.4 Å². The van der Waals surface area contributed by atoms with E-state index in [1.165, 1.54) is 6.07 Å². The molecule has 6 heteroatoms. The highest BCUT2D eigenvalue weighted by Gasteiger charge is 2.11. The Kier molecular flexibility index (Phi) is 4.93. The fraction of sp³-hybridized carbons (Fsp3) is 0. The molecule has 0 aliphatic rings. The molecule has 2 rings (SSSR count). The molecule has 0 amide bonds. The minimum absolute atomic E-state index is 0.140. The van der Waals surface area contributed by atoms with Crippen molar-refractivity contribution in [1.82, 2.24) is 0 Å². The molecule has 0 saturated carbocycles. The molecule has 24 heavy (non-hydrogen) atoms. The molecule has 0 fully saturated rings. The second-order valence-corrected chi connectivity index (χ2v) is 4.64. The van der Waals surface area contributed by atoms with E-state index in [1.54, 1.807) is 60.7 Å². The van der Waals surface area contributed by atoms with E-state index in [2.05, 4.69) is 5.32 Å². The third kappa shape index (κ3) is 3.39. The predicted molar refractivity (Wildman–Crippen MR) is 86.3 cm³/mol. The highest BCUT2D eigenvalue weighted by Crippen LogP contribution is 2.25. The lowest BCUT2D eigenvalue weighted by atomic mass is 9.99. The number of rotatable bonds is 4. The normalized spacial score (nSPS) is 9.04. The molecule has 0 radical (unpaired) electrons. The van der Waals surface area contributed by atoms with E-state index in [4.69, 9.17) is 15.8 Å². The summed E-state index contributed by atoms with van der Waals surface area (Å²) in [6, 6.07) is 18.3. The fourth-order valence-corrected chi connectivity index (χ4v) is 2.08. The second kappa shape index (κ2) is 7.26. The number of nitriles is 3. The summed E-state index contributed by atoms with van der Waals surface area (Å²) < 4.78 is 0. The Bertz CT molecular complexity index is 923. The van der Waals surface area contributed by atoms with Crippen molar-refractivity contribution in [1.29, 1.82) is 15.8 Å². The number of hydrogen-bond donors (Lipinski definition) is 2. The van der Waals surface area contributed by atoms with Crippen LogP contribution in [0.4, 0.5) is 5.69 Å². The van der Waals surface area contributed by atoms with Gasteiger partial charge in [0, 0.05) is 5.69 Å². The fourth-order valence-electron chi connectivity index (χ4n) is 2.08. The number of benzene rings is 2. The molecular weight excluding hydrogens is 304 g/mol. The summed E-state index contributed by atoms with van der Waals surface area (Å²) >= 11 is 0. The summed E-state index contributed by atoms with van der Waals surface area (Å²) in [7, 11) is 0. The van der Waals surface area contributed by atoms with Gasteiger partial charge in [0.15, 0.2) is 5.57 Å². The first kappa shape index (κ1) is 16.3. The van der Waals surface area contributed by atoms with Crippen LogP contribution in [0.15, 0.2) is 59.8 Å². The number of carbonyl (C=O) groups is 1. The van der Waals surface area contributed by atoms with E-state index in [0.717, 1.165) is 0 Å². The Hall–Kier alpha value is -4.08.